The molecule has 0 radical (unpaired) electrons. The minimum Gasteiger partial charge on any atom is -0.396 e. The van der Waals surface area contributed by atoms with Gasteiger partial charge in [-0.15, -0.1) is 0 Å². The fourth-order valence-corrected chi connectivity index (χ4v) is 3.06. The maximum absolute atomic E-state index is 9.16. The molecule has 1 unspecified atom stereocenters. The van der Waals surface area contributed by atoms with Crippen molar-refractivity contribution in [2.45, 2.75) is 26.2 Å². The van der Waals surface area contributed by atoms with Crippen molar-refractivity contribution in [3.63, 3.8) is 0 Å². The van der Waals surface area contributed by atoms with Gasteiger partial charge in [-0.2, -0.15) is 0 Å². The molecule has 3 heteroatoms. The standard InChI is InChI=1S/C13H26N2O/c1-13(4-7-14(2)8-5-13)11-15-6-3-12(9-15)10-16/h12,16H,3-11H2,1-2H3. The monoisotopic (exact) mass is 226 g/mol. The summed E-state index contributed by atoms with van der Waals surface area (Å²) >= 11 is 0. The van der Waals surface area contributed by atoms with E-state index >= 15 is 0 Å². The molecule has 16 heavy (non-hydrogen) atoms. The van der Waals surface area contributed by atoms with Gasteiger partial charge in [0.05, 0.1) is 0 Å². The van der Waals surface area contributed by atoms with Crippen LogP contribution in [0.15, 0.2) is 0 Å². The largest absolute Gasteiger partial charge is 0.396 e. The van der Waals surface area contributed by atoms with Crippen molar-refractivity contribution >= 4 is 0 Å². The Morgan fingerprint density at radius 2 is 1.94 bits per heavy atom. The van der Waals surface area contributed by atoms with E-state index in [0.29, 0.717) is 17.9 Å². The summed E-state index contributed by atoms with van der Waals surface area (Å²) in [5, 5.41) is 9.16. The zero-order valence-electron chi connectivity index (χ0n) is 10.8. The molecule has 2 aliphatic rings. The first-order valence-electron chi connectivity index (χ1n) is 6.63. The summed E-state index contributed by atoms with van der Waals surface area (Å²) < 4.78 is 0. The molecule has 0 aromatic heterocycles. The highest BCUT2D eigenvalue weighted by atomic mass is 16.3. The summed E-state index contributed by atoms with van der Waals surface area (Å²) in [7, 11) is 2.22. The van der Waals surface area contributed by atoms with Crippen molar-refractivity contribution in [3.05, 3.63) is 0 Å². The van der Waals surface area contributed by atoms with Crippen LogP contribution in [-0.2, 0) is 0 Å². The second-order valence-corrected chi connectivity index (χ2v) is 6.19. The van der Waals surface area contributed by atoms with Gasteiger partial charge in [0, 0.05) is 19.7 Å². The number of piperidine rings is 1. The van der Waals surface area contributed by atoms with Crippen LogP contribution in [0.2, 0.25) is 0 Å². The fraction of sp³-hybridized carbons (Fsp3) is 1.00. The lowest BCUT2D eigenvalue weighted by Crippen LogP contribution is -2.43. The van der Waals surface area contributed by atoms with Crippen molar-refractivity contribution in [1.82, 2.24) is 9.80 Å². The maximum Gasteiger partial charge on any atom is 0.0471 e. The Morgan fingerprint density at radius 1 is 1.25 bits per heavy atom. The number of nitrogens with zero attached hydrogens (tertiary/aromatic N) is 2. The second-order valence-electron chi connectivity index (χ2n) is 6.19. The van der Waals surface area contributed by atoms with E-state index in [4.69, 9.17) is 5.11 Å². The summed E-state index contributed by atoms with van der Waals surface area (Å²) in [4.78, 5) is 4.99. The molecule has 0 saturated carbocycles. The van der Waals surface area contributed by atoms with E-state index in [9.17, 15) is 0 Å². The minimum absolute atomic E-state index is 0.371. The Labute approximate surface area is 99.4 Å². The van der Waals surface area contributed by atoms with Crippen LogP contribution in [0, 0.1) is 11.3 Å². The van der Waals surface area contributed by atoms with Crippen LogP contribution in [0.25, 0.3) is 0 Å². The molecule has 2 rings (SSSR count). The SMILES string of the molecule is CN1CCC(C)(CN2CCC(CO)C2)CC1. The molecule has 94 valence electrons. The van der Waals surface area contributed by atoms with Gasteiger partial charge in [-0.1, -0.05) is 6.92 Å². The van der Waals surface area contributed by atoms with Crippen molar-refractivity contribution < 1.29 is 5.11 Å². The van der Waals surface area contributed by atoms with Gasteiger partial charge in [-0.05, 0) is 57.3 Å². The Morgan fingerprint density at radius 3 is 2.50 bits per heavy atom. The molecule has 2 heterocycles. The Balaban J connectivity index is 1.80. The van der Waals surface area contributed by atoms with Gasteiger partial charge in [-0.3, -0.25) is 0 Å². The van der Waals surface area contributed by atoms with Gasteiger partial charge in [-0.25, -0.2) is 0 Å². The number of aliphatic hydroxyl groups is 1. The smallest absolute Gasteiger partial charge is 0.0471 e. The van der Waals surface area contributed by atoms with Crippen LogP contribution in [0.4, 0.5) is 0 Å². The Bertz CT molecular complexity index is 224. The molecular weight excluding hydrogens is 200 g/mol. The predicted octanol–water partition coefficient (Wildman–Crippen LogP) is 1.03. The summed E-state index contributed by atoms with van der Waals surface area (Å²) in [5.41, 5.74) is 0.511. The fourth-order valence-electron chi connectivity index (χ4n) is 3.06. The van der Waals surface area contributed by atoms with Crippen LogP contribution < -0.4 is 0 Å². The van der Waals surface area contributed by atoms with E-state index in [2.05, 4.69) is 23.8 Å². The van der Waals surface area contributed by atoms with E-state index in [0.717, 1.165) is 6.54 Å². The Kier molecular flexibility index (Phi) is 3.88. The third kappa shape index (κ3) is 2.96. The summed E-state index contributed by atoms with van der Waals surface area (Å²) in [6.07, 6.45) is 3.83. The molecule has 2 saturated heterocycles. The van der Waals surface area contributed by atoms with Crippen LogP contribution in [0.5, 0.6) is 0 Å². The summed E-state index contributed by atoms with van der Waals surface area (Å²) in [6.45, 7) is 8.83. The van der Waals surface area contributed by atoms with Gasteiger partial charge in [0.15, 0.2) is 0 Å². The lowest BCUT2D eigenvalue weighted by molar-refractivity contribution is 0.0934. The topological polar surface area (TPSA) is 26.7 Å². The molecule has 0 amide bonds. The van der Waals surface area contributed by atoms with Gasteiger partial charge in [0.1, 0.15) is 0 Å². The zero-order chi connectivity index (χ0) is 11.6. The highest BCUT2D eigenvalue weighted by Gasteiger charge is 2.33. The van der Waals surface area contributed by atoms with Crippen molar-refractivity contribution in [2.24, 2.45) is 11.3 Å². The number of hydrogen-bond donors (Lipinski definition) is 1. The number of rotatable bonds is 3. The summed E-state index contributed by atoms with van der Waals surface area (Å²) in [6, 6.07) is 0. The Hall–Kier alpha value is -0.120. The van der Waals surface area contributed by atoms with Gasteiger partial charge in [0.25, 0.3) is 0 Å². The first-order chi connectivity index (χ1) is 7.61. The van der Waals surface area contributed by atoms with Gasteiger partial charge in [0.2, 0.25) is 0 Å². The molecular formula is C13H26N2O. The number of likely N-dealkylation sites (tertiary alicyclic amines) is 2. The zero-order valence-corrected chi connectivity index (χ0v) is 10.8. The van der Waals surface area contributed by atoms with Gasteiger partial charge >= 0.3 is 0 Å². The average Bonchev–Trinajstić information content (AvgIpc) is 2.70. The lowest BCUT2D eigenvalue weighted by atomic mass is 9.80. The molecule has 0 bridgehead atoms. The maximum atomic E-state index is 9.16. The first kappa shape index (κ1) is 12.3. The van der Waals surface area contributed by atoms with Crippen molar-refractivity contribution in [2.75, 3.05) is 46.4 Å². The molecule has 0 spiro atoms. The molecule has 0 aliphatic carbocycles. The third-order valence-corrected chi connectivity index (χ3v) is 4.43. The van der Waals surface area contributed by atoms with E-state index in [1.165, 1.54) is 45.4 Å². The first-order valence-corrected chi connectivity index (χ1v) is 6.63. The van der Waals surface area contributed by atoms with E-state index < -0.39 is 0 Å². The molecule has 0 aromatic rings. The van der Waals surface area contributed by atoms with Gasteiger partial charge < -0.3 is 14.9 Å². The molecule has 1 N–H and O–H groups in total. The van der Waals surface area contributed by atoms with E-state index in [1.54, 1.807) is 0 Å². The predicted molar refractivity (Wildman–Crippen MR) is 66.5 cm³/mol. The van der Waals surface area contributed by atoms with Crippen LogP contribution >= 0.6 is 0 Å². The third-order valence-electron chi connectivity index (χ3n) is 4.43. The molecule has 2 aliphatic heterocycles. The highest BCUT2D eigenvalue weighted by molar-refractivity contribution is 4.86. The van der Waals surface area contributed by atoms with Crippen molar-refractivity contribution in [3.8, 4) is 0 Å². The number of aliphatic hydroxyl groups excluding tert-OH is 1. The average molecular weight is 226 g/mol. The molecule has 3 nitrogen and oxygen atoms in total. The highest BCUT2D eigenvalue weighted by Crippen LogP contribution is 2.32. The van der Waals surface area contributed by atoms with Crippen molar-refractivity contribution in [1.29, 1.82) is 0 Å². The number of hydrogen-bond acceptors (Lipinski definition) is 3. The summed E-state index contributed by atoms with van der Waals surface area (Å²) in [5.74, 6) is 0.537. The normalized spacial score (nSPS) is 32.1. The van der Waals surface area contributed by atoms with Crippen LogP contribution in [0.1, 0.15) is 26.2 Å². The minimum atomic E-state index is 0.371. The quantitative estimate of drug-likeness (QED) is 0.779. The van der Waals surface area contributed by atoms with Crippen LogP contribution in [-0.4, -0.2) is 61.3 Å². The van der Waals surface area contributed by atoms with E-state index in [1.807, 2.05) is 0 Å². The lowest BCUT2D eigenvalue weighted by Gasteiger charge is -2.40. The van der Waals surface area contributed by atoms with E-state index in [-0.39, 0.29) is 0 Å². The molecule has 2 fully saturated rings. The molecule has 0 aromatic carbocycles. The second kappa shape index (κ2) is 5.03. The van der Waals surface area contributed by atoms with Crippen LogP contribution in [0.3, 0.4) is 0 Å². The molecule has 1 atom stereocenters.